The minimum atomic E-state index is -4.70. The number of amides is 2. The molecule has 2 N–H and O–H groups in total. The Labute approximate surface area is 164 Å². The molecule has 0 fully saturated rings. The molecule has 0 atom stereocenters. The quantitative estimate of drug-likeness (QED) is 0.652. The Bertz CT molecular complexity index is 1070. The maximum Gasteiger partial charge on any atom is 0.434 e. The molecule has 0 saturated carbocycles. The van der Waals surface area contributed by atoms with Gasteiger partial charge in [0.25, 0.3) is 5.91 Å². The maximum absolute atomic E-state index is 12.9. The van der Waals surface area contributed by atoms with Gasteiger partial charge in [-0.2, -0.15) is 13.2 Å². The molecule has 1 aliphatic heterocycles. The molecule has 0 unspecified atom stereocenters. The zero-order valence-corrected chi connectivity index (χ0v) is 15.6. The summed E-state index contributed by atoms with van der Waals surface area (Å²) in [6.07, 6.45) is -3.67. The van der Waals surface area contributed by atoms with Crippen LogP contribution in [-0.2, 0) is 17.4 Å². The van der Waals surface area contributed by atoms with E-state index in [2.05, 4.69) is 20.6 Å². The Morgan fingerprint density at radius 2 is 2.04 bits per heavy atom. The van der Waals surface area contributed by atoms with E-state index >= 15 is 0 Å². The summed E-state index contributed by atoms with van der Waals surface area (Å²) in [6, 6.07) is 5.47. The van der Waals surface area contributed by atoms with E-state index in [9.17, 15) is 22.8 Å². The van der Waals surface area contributed by atoms with Crippen molar-refractivity contribution < 1.29 is 22.8 Å². The standard InChI is InChI=1S/C17H11F3N4O2S2/c18-17(19,20)14-13(28-7-21-14)15(26)24-16-23-11(6-27-16)9-1-3-10-8(5-9)2-4-12(25)22-10/h1,3,5-7H,2,4H2,(H,22,25)(H,23,24,26). The zero-order chi connectivity index (χ0) is 19.9. The highest BCUT2D eigenvalue weighted by atomic mass is 32.1. The minimum Gasteiger partial charge on any atom is -0.326 e. The average Bonchev–Trinajstić information content (AvgIpc) is 3.30. The van der Waals surface area contributed by atoms with Crippen molar-refractivity contribution in [2.45, 2.75) is 19.0 Å². The maximum atomic E-state index is 12.9. The van der Waals surface area contributed by atoms with Gasteiger partial charge in [0.05, 0.1) is 11.2 Å². The van der Waals surface area contributed by atoms with Crippen molar-refractivity contribution in [2.24, 2.45) is 0 Å². The van der Waals surface area contributed by atoms with Gasteiger partial charge in [-0.15, -0.1) is 22.7 Å². The molecule has 1 aliphatic rings. The Kier molecular flexibility index (Phi) is 4.63. The molecule has 0 bridgehead atoms. The Balaban J connectivity index is 1.53. The number of carbonyl (C=O) groups is 2. The molecule has 28 heavy (non-hydrogen) atoms. The SMILES string of the molecule is O=C1CCc2cc(-c3csc(NC(=O)c4scnc4C(F)(F)F)n3)ccc2N1. The second-order valence-electron chi connectivity index (χ2n) is 5.94. The van der Waals surface area contributed by atoms with E-state index in [0.717, 1.165) is 33.7 Å². The van der Waals surface area contributed by atoms with Crippen molar-refractivity contribution in [3.63, 3.8) is 0 Å². The number of thiazole rings is 2. The second-order valence-corrected chi connectivity index (χ2v) is 7.65. The van der Waals surface area contributed by atoms with Crippen LogP contribution < -0.4 is 10.6 Å². The molecular formula is C17H11F3N4O2S2. The first-order chi connectivity index (χ1) is 13.3. The van der Waals surface area contributed by atoms with Crippen LogP contribution in [0.3, 0.4) is 0 Å². The smallest absolute Gasteiger partial charge is 0.326 e. The third-order valence-electron chi connectivity index (χ3n) is 4.06. The van der Waals surface area contributed by atoms with Crippen LogP contribution in [0.5, 0.6) is 0 Å². The number of aromatic nitrogens is 2. The molecule has 0 radical (unpaired) electrons. The number of halogens is 3. The predicted octanol–water partition coefficient (Wildman–Crippen LogP) is 4.42. The van der Waals surface area contributed by atoms with E-state index in [1.807, 2.05) is 6.07 Å². The highest BCUT2D eigenvalue weighted by Gasteiger charge is 2.38. The molecule has 0 spiro atoms. The van der Waals surface area contributed by atoms with Crippen molar-refractivity contribution in [3.8, 4) is 11.3 Å². The van der Waals surface area contributed by atoms with Crippen molar-refractivity contribution in [1.82, 2.24) is 9.97 Å². The number of benzene rings is 1. The molecular weight excluding hydrogens is 413 g/mol. The fourth-order valence-electron chi connectivity index (χ4n) is 2.77. The number of anilines is 2. The first kappa shape index (κ1) is 18.6. The number of aryl methyl sites for hydroxylation is 1. The predicted molar refractivity (Wildman–Crippen MR) is 99.6 cm³/mol. The molecule has 0 saturated heterocycles. The van der Waals surface area contributed by atoms with Crippen molar-refractivity contribution in [1.29, 1.82) is 0 Å². The summed E-state index contributed by atoms with van der Waals surface area (Å²) in [5, 5.41) is 7.08. The Morgan fingerprint density at radius 3 is 2.82 bits per heavy atom. The number of carbonyl (C=O) groups excluding carboxylic acids is 2. The van der Waals surface area contributed by atoms with Crippen molar-refractivity contribution in [3.05, 3.63) is 45.2 Å². The van der Waals surface area contributed by atoms with Gasteiger partial charge in [0.15, 0.2) is 10.8 Å². The summed E-state index contributed by atoms with van der Waals surface area (Å²) >= 11 is 1.73. The lowest BCUT2D eigenvalue weighted by Crippen LogP contribution is -2.18. The number of rotatable bonds is 3. The van der Waals surface area contributed by atoms with Gasteiger partial charge in [0, 0.05) is 23.1 Å². The summed E-state index contributed by atoms with van der Waals surface area (Å²) < 4.78 is 38.7. The number of nitrogens with zero attached hydrogens (tertiary/aromatic N) is 2. The Hall–Kier alpha value is -2.79. The minimum absolute atomic E-state index is 0.0276. The molecule has 4 rings (SSSR count). The Morgan fingerprint density at radius 1 is 1.21 bits per heavy atom. The number of hydrogen-bond acceptors (Lipinski definition) is 6. The van der Waals surface area contributed by atoms with Crippen LogP contribution in [0.25, 0.3) is 11.3 Å². The van der Waals surface area contributed by atoms with E-state index in [-0.39, 0.29) is 11.0 Å². The van der Waals surface area contributed by atoms with Gasteiger partial charge in [0.1, 0.15) is 4.88 Å². The normalized spacial score (nSPS) is 13.8. The topological polar surface area (TPSA) is 84.0 Å². The van der Waals surface area contributed by atoms with Crippen molar-refractivity contribution >= 4 is 45.3 Å². The van der Waals surface area contributed by atoms with Crippen LogP contribution in [0.1, 0.15) is 27.3 Å². The van der Waals surface area contributed by atoms with Gasteiger partial charge in [-0.25, -0.2) is 9.97 Å². The third kappa shape index (κ3) is 3.62. The average molecular weight is 424 g/mol. The summed E-state index contributed by atoms with van der Waals surface area (Å²) in [5.41, 5.74) is 2.89. The van der Waals surface area contributed by atoms with Gasteiger partial charge in [-0.1, -0.05) is 6.07 Å². The number of fused-ring (bicyclic) bond motifs is 1. The first-order valence-corrected chi connectivity index (χ1v) is 9.78. The highest BCUT2D eigenvalue weighted by molar-refractivity contribution is 7.14. The lowest BCUT2D eigenvalue weighted by molar-refractivity contribution is -0.141. The highest BCUT2D eigenvalue weighted by Crippen LogP contribution is 2.34. The lowest BCUT2D eigenvalue weighted by atomic mass is 9.99. The molecule has 11 heteroatoms. The van der Waals surface area contributed by atoms with Gasteiger partial charge >= 0.3 is 6.18 Å². The summed E-state index contributed by atoms with van der Waals surface area (Å²) in [4.78, 5) is 30.6. The van der Waals surface area contributed by atoms with Crippen LogP contribution in [0.4, 0.5) is 24.0 Å². The van der Waals surface area contributed by atoms with Crippen LogP contribution in [0.15, 0.2) is 29.1 Å². The zero-order valence-electron chi connectivity index (χ0n) is 14.0. The molecule has 1 aromatic carbocycles. The van der Waals surface area contributed by atoms with Crippen LogP contribution >= 0.6 is 22.7 Å². The fourth-order valence-corrected chi connectivity index (χ4v) is 4.19. The van der Waals surface area contributed by atoms with Gasteiger partial charge in [0.2, 0.25) is 5.91 Å². The van der Waals surface area contributed by atoms with Crippen molar-refractivity contribution in [2.75, 3.05) is 10.6 Å². The summed E-state index contributed by atoms with van der Waals surface area (Å²) in [7, 11) is 0. The number of nitrogens with one attached hydrogen (secondary N) is 2. The molecule has 2 aromatic heterocycles. The second kappa shape index (κ2) is 6.99. The summed E-state index contributed by atoms with van der Waals surface area (Å²) in [6.45, 7) is 0. The molecule has 144 valence electrons. The molecule has 0 aliphatic carbocycles. The van der Waals surface area contributed by atoms with Gasteiger partial charge in [-0.05, 0) is 24.1 Å². The van der Waals surface area contributed by atoms with Crippen LogP contribution in [0, 0.1) is 0 Å². The van der Waals surface area contributed by atoms with E-state index in [1.165, 1.54) is 0 Å². The first-order valence-electron chi connectivity index (χ1n) is 8.02. The third-order valence-corrected chi connectivity index (χ3v) is 5.65. The fraction of sp³-hybridized carbons (Fsp3) is 0.176. The largest absolute Gasteiger partial charge is 0.434 e. The monoisotopic (exact) mass is 424 g/mol. The van der Waals surface area contributed by atoms with Crippen LogP contribution in [-0.4, -0.2) is 21.8 Å². The van der Waals surface area contributed by atoms with E-state index < -0.39 is 22.7 Å². The molecule has 6 nitrogen and oxygen atoms in total. The van der Waals surface area contributed by atoms with Crippen LogP contribution in [0.2, 0.25) is 0 Å². The lowest BCUT2D eigenvalue weighted by Gasteiger charge is -2.17. The molecule has 3 aromatic rings. The van der Waals surface area contributed by atoms with E-state index in [1.54, 1.807) is 17.5 Å². The van der Waals surface area contributed by atoms with Gasteiger partial charge < -0.3 is 5.32 Å². The molecule has 3 heterocycles. The van der Waals surface area contributed by atoms with E-state index in [4.69, 9.17) is 0 Å². The number of hydrogen-bond donors (Lipinski definition) is 2. The number of alkyl halides is 3. The van der Waals surface area contributed by atoms with E-state index in [0.29, 0.717) is 29.9 Å². The summed E-state index contributed by atoms with van der Waals surface area (Å²) in [5.74, 6) is -0.927. The van der Waals surface area contributed by atoms with Gasteiger partial charge in [-0.3, -0.25) is 14.9 Å². The molecule has 2 amide bonds.